The number of nitrogens with zero attached hydrogens (tertiary/aromatic N) is 1. The monoisotopic (exact) mass is 300 g/mol. The summed E-state index contributed by atoms with van der Waals surface area (Å²) in [5, 5.41) is 23.1. The molecule has 0 atom stereocenters. The Kier molecular flexibility index (Phi) is 4.63. The predicted molar refractivity (Wildman–Crippen MR) is 82.4 cm³/mol. The molecule has 2 rings (SSSR count). The Morgan fingerprint density at radius 1 is 1.14 bits per heavy atom. The van der Waals surface area contributed by atoms with Crippen molar-refractivity contribution in [3.63, 3.8) is 0 Å². The van der Waals surface area contributed by atoms with E-state index in [1.807, 2.05) is 0 Å². The fourth-order valence-corrected chi connectivity index (χ4v) is 1.82. The summed E-state index contributed by atoms with van der Waals surface area (Å²) in [7, 11) is 1.55. The lowest BCUT2D eigenvalue weighted by Gasteiger charge is -2.06. The summed E-state index contributed by atoms with van der Waals surface area (Å²) in [4.78, 5) is 12.0. The molecule has 0 heterocycles. The van der Waals surface area contributed by atoms with Gasteiger partial charge >= 0.3 is 0 Å². The van der Waals surface area contributed by atoms with Gasteiger partial charge in [-0.3, -0.25) is 4.79 Å². The van der Waals surface area contributed by atoms with Gasteiger partial charge in [0.2, 0.25) is 0 Å². The van der Waals surface area contributed by atoms with E-state index >= 15 is 0 Å². The second kappa shape index (κ2) is 6.62. The summed E-state index contributed by atoms with van der Waals surface area (Å²) in [5.41, 5.74) is 3.54. The molecule has 22 heavy (non-hydrogen) atoms. The van der Waals surface area contributed by atoms with E-state index in [9.17, 15) is 15.0 Å². The Bertz CT molecular complexity index is 709. The molecular weight excluding hydrogens is 284 g/mol. The van der Waals surface area contributed by atoms with E-state index in [1.54, 1.807) is 38.3 Å². The van der Waals surface area contributed by atoms with Crippen LogP contribution in [0.2, 0.25) is 0 Å². The van der Waals surface area contributed by atoms with E-state index in [-0.39, 0.29) is 17.4 Å². The summed E-state index contributed by atoms with van der Waals surface area (Å²) in [6, 6.07) is 10.7. The second-order valence-corrected chi connectivity index (χ2v) is 4.57. The highest BCUT2D eigenvalue weighted by atomic mass is 16.5. The third-order valence-electron chi connectivity index (χ3n) is 3.05. The zero-order valence-corrected chi connectivity index (χ0v) is 12.2. The minimum atomic E-state index is -0.387. The van der Waals surface area contributed by atoms with E-state index in [2.05, 4.69) is 10.5 Å². The van der Waals surface area contributed by atoms with Gasteiger partial charge < -0.3 is 14.9 Å². The first-order chi connectivity index (χ1) is 10.5. The third kappa shape index (κ3) is 3.54. The lowest BCUT2D eigenvalue weighted by atomic mass is 10.1. The number of carbonyl (C=O) groups is 1. The van der Waals surface area contributed by atoms with Gasteiger partial charge in [-0.1, -0.05) is 0 Å². The number of aromatic hydroxyl groups is 2. The van der Waals surface area contributed by atoms with Crippen molar-refractivity contribution in [3.8, 4) is 17.2 Å². The molecule has 6 nitrogen and oxygen atoms in total. The van der Waals surface area contributed by atoms with Gasteiger partial charge in [-0.2, -0.15) is 5.10 Å². The van der Waals surface area contributed by atoms with Crippen LogP contribution in [0.15, 0.2) is 47.6 Å². The molecule has 6 heteroatoms. The number of nitrogens with one attached hydrogen (secondary N) is 1. The number of ether oxygens (including phenoxy) is 1. The predicted octanol–water partition coefficient (Wildman–Crippen LogP) is 2.26. The van der Waals surface area contributed by atoms with Crippen molar-refractivity contribution in [1.82, 2.24) is 5.43 Å². The Hall–Kier alpha value is -3.02. The Morgan fingerprint density at radius 3 is 2.45 bits per heavy atom. The van der Waals surface area contributed by atoms with Gasteiger partial charge in [-0.05, 0) is 49.4 Å². The minimum absolute atomic E-state index is 0.00355. The Balaban J connectivity index is 2.12. The van der Waals surface area contributed by atoms with Crippen LogP contribution >= 0.6 is 0 Å². The number of phenols is 2. The number of benzene rings is 2. The van der Waals surface area contributed by atoms with E-state index in [1.165, 1.54) is 18.2 Å². The maximum Gasteiger partial charge on any atom is 0.271 e. The number of hydrazone groups is 1. The molecule has 0 aliphatic rings. The molecule has 0 radical (unpaired) electrons. The largest absolute Gasteiger partial charge is 0.508 e. The fraction of sp³-hybridized carbons (Fsp3) is 0.125. The molecule has 0 spiro atoms. The summed E-state index contributed by atoms with van der Waals surface area (Å²) in [5.74, 6) is 0.240. The zero-order valence-electron chi connectivity index (χ0n) is 12.2. The van der Waals surface area contributed by atoms with Gasteiger partial charge in [0.25, 0.3) is 5.91 Å². The van der Waals surface area contributed by atoms with Crippen molar-refractivity contribution in [2.45, 2.75) is 6.92 Å². The maximum atomic E-state index is 12.0. The average Bonchev–Trinajstić information content (AvgIpc) is 2.54. The molecule has 0 fully saturated rings. The number of carbonyl (C=O) groups excluding carboxylic acids is 1. The fourth-order valence-electron chi connectivity index (χ4n) is 1.82. The lowest BCUT2D eigenvalue weighted by molar-refractivity contribution is 0.0955. The maximum absolute atomic E-state index is 12.0. The number of rotatable bonds is 4. The molecule has 114 valence electrons. The molecule has 0 aromatic heterocycles. The van der Waals surface area contributed by atoms with E-state index in [0.29, 0.717) is 22.6 Å². The van der Waals surface area contributed by atoms with Crippen molar-refractivity contribution >= 4 is 11.6 Å². The van der Waals surface area contributed by atoms with E-state index in [0.717, 1.165) is 0 Å². The zero-order chi connectivity index (χ0) is 16.1. The Labute approximate surface area is 127 Å². The number of phenolic OH excluding ortho intramolecular Hbond substituents is 2. The summed E-state index contributed by atoms with van der Waals surface area (Å²) in [6.07, 6.45) is 0. The van der Waals surface area contributed by atoms with Crippen LogP contribution in [0, 0.1) is 0 Å². The van der Waals surface area contributed by atoms with Gasteiger partial charge in [0.1, 0.15) is 17.2 Å². The third-order valence-corrected chi connectivity index (χ3v) is 3.05. The quantitative estimate of drug-likeness (QED) is 0.459. The van der Waals surface area contributed by atoms with E-state index < -0.39 is 0 Å². The molecular formula is C16H16N2O4. The normalized spacial score (nSPS) is 11.1. The molecule has 0 aliphatic carbocycles. The van der Waals surface area contributed by atoms with Crippen LogP contribution in [0.5, 0.6) is 17.2 Å². The topological polar surface area (TPSA) is 91.2 Å². The summed E-state index contributed by atoms with van der Waals surface area (Å²) >= 11 is 0. The minimum Gasteiger partial charge on any atom is -0.508 e. The average molecular weight is 300 g/mol. The van der Waals surface area contributed by atoms with Crippen molar-refractivity contribution in [2.24, 2.45) is 5.10 Å². The van der Waals surface area contributed by atoms with Crippen LogP contribution in [0.4, 0.5) is 0 Å². The summed E-state index contributed by atoms with van der Waals surface area (Å²) in [6.45, 7) is 1.61. The van der Waals surface area contributed by atoms with Gasteiger partial charge in [0.15, 0.2) is 0 Å². The molecule has 0 unspecified atom stereocenters. The van der Waals surface area contributed by atoms with Gasteiger partial charge in [0, 0.05) is 11.1 Å². The SMILES string of the molecule is COc1ccc(C(=O)NN=C(C)c2cc(O)ccc2O)cc1. The summed E-state index contributed by atoms with van der Waals surface area (Å²) < 4.78 is 5.02. The van der Waals surface area contributed by atoms with Crippen molar-refractivity contribution < 1.29 is 19.7 Å². The van der Waals surface area contributed by atoms with Crippen molar-refractivity contribution in [2.75, 3.05) is 7.11 Å². The van der Waals surface area contributed by atoms with Crippen LogP contribution in [-0.2, 0) is 0 Å². The number of amides is 1. The van der Waals surface area contributed by atoms with Crippen molar-refractivity contribution in [1.29, 1.82) is 0 Å². The first-order valence-corrected chi connectivity index (χ1v) is 6.52. The molecule has 0 bridgehead atoms. The van der Waals surface area contributed by atoms with Crippen LogP contribution < -0.4 is 10.2 Å². The van der Waals surface area contributed by atoms with Gasteiger partial charge in [-0.25, -0.2) is 5.43 Å². The standard InChI is InChI=1S/C16H16N2O4/c1-10(14-9-12(19)5-8-15(14)20)17-18-16(21)11-3-6-13(22-2)7-4-11/h3-9,19-20H,1-2H3,(H,18,21). The van der Waals surface area contributed by atoms with Crippen molar-refractivity contribution in [3.05, 3.63) is 53.6 Å². The molecule has 1 amide bonds. The van der Waals surface area contributed by atoms with Crippen LogP contribution in [0.25, 0.3) is 0 Å². The number of hydrogen-bond donors (Lipinski definition) is 3. The molecule has 2 aromatic carbocycles. The smallest absolute Gasteiger partial charge is 0.271 e. The van der Waals surface area contributed by atoms with Crippen LogP contribution in [-0.4, -0.2) is 28.9 Å². The highest BCUT2D eigenvalue weighted by Gasteiger charge is 2.08. The van der Waals surface area contributed by atoms with Gasteiger partial charge in [0.05, 0.1) is 12.8 Å². The highest BCUT2D eigenvalue weighted by molar-refractivity contribution is 6.02. The second-order valence-electron chi connectivity index (χ2n) is 4.57. The van der Waals surface area contributed by atoms with Gasteiger partial charge in [-0.15, -0.1) is 0 Å². The first kappa shape index (κ1) is 15.4. The Morgan fingerprint density at radius 2 is 1.82 bits per heavy atom. The highest BCUT2D eigenvalue weighted by Crippen LogP contribution is 2.22. The lowest BCUT2D eigenvalue weighted by Crippen LogP contribution is -2.19. The molecule has 2 aromatic rings. The molecule has 3 N–H and O–H groups in total. The molecule has 0 aliphatic heterocycles. The van der Waals surface area contributed by atoms with E-state index in [4.69, 9.17) is 4.74 Å². The first-order valence-electron chi connectivity index (χ1n) is 6.52. The molecule has 0 saturated heterocycles. The molecule has 0 saturated carbocycles. The number of hydrogen-bond acceptors (Lipinski definition) is 5. The van der Waals surface area contributed by atoms with Crippen LogP contribution in [0.1, 0.15) is 22.8 Å². The van der Waals surface area contributed by atoms with Crippen LogP contribution in [0.3, 0.4) is 0 Å². The number of methoxy groups -OCH3 is 1.